The number of nitrogens with one attached hydrogen (secondary N) is 1. The third kappa shape index (κ3) is 2.53. The molecule has 0 aromatic carbocycles. The second-order valence-corrected chi connectivity index (χ2v) is 10.2. The first-order chi connectivity index (χ1) is 12.6. The van der Waals surface area contributed by atoms with Crippen LogP contribution in [0.15, 0.2) is 18.5 Å². The molecule has 2 aliphatic carbocycles. The molecular formula is C18H23N5O2S. The molecule has 0 radical (unpaired) electrons. The van der Waals surface area contributed by atoms with Gasteiger partial charge >= 0.3 is 0 Å². The van der Waals surface area contributed by atoms with Gasteiger partial charge in [-0.3, -0.25) is 4.40 Å². The molecular weight excluding hydrogens is 350 g/mol. The van der Waals surface area contributed by atoms with E-state index in [1.54, 1.807) is 6.20 Å². The lowest BCUT2D eigenvalue weighted by Crippen LogP contribution is -2.18. The lowest BCUT2D eigenvalue weighted by Gasteiger charge is -2.16. The Morgan fingerprint density at radius 2 is 2.12 bits per heavy atom. The molecule has 8 heteroatoms. The average molecular weight is 373 g/mol. The van der Waals surface area contributed by atoms with Crippen molar-refractivity contribution in [3.63, 3.8) is 0 Å². The van der Waals surface area contributed by atoms with Crippen LogP contribution in [0.25, 0.3) is 16.8 Å². The molecule has 0 unspecified atom stereocenters. The highest BCUT2D eigenvalue weighted by Crippen LogP contribution is 2.46. The molecule has 2 saturated carbocycles. The Balaban J connectivity index is 1.50. The molecule has 0 aliphatic heterocycles. The Hall–Kier alpha value is -1.96. The number of fused-ring (bicyclic) bond motifs is 3. The first-order valence-electron chi connectivity index (χ1n) is 9.45. The van der Waals surface area contributed by atoms with E-state index in [9.17, 15) is 8.42 Å². The first kappa shape index (κ1) is 16.2. The lowest BCUT2D eigenvalue weighted by atomic mass is 9.93. The number of hydrogen-bond donors (Lipinski definition) is 1. The van der Waals surface area contributed by atoms with E-state index in [4.69, 9.17) is 0 Å². The highest BCUT2D eigenvalue weighted by Gasteiger charge is 2.42. The van der Waals surface area contributed by atoms with E-state index >= 15 is 0 Å². The zero-order valence-electron chi connectivity index (χ0n) is 14.8. The van der Waals surface area contributed by atoms with Crippen LogP contribution in [0.5, 0.6) is 0 Å². The molecule has 26 heavy (non-hydrogen) atoms. The van der Waals surface area contributed by atoms with Gasteiger partial charge < -0.3 is 4.98 Å². The van der Waals surface area contributed by atoms with E-state index in [1.807, 2.05) is 12.3 Å². The van der Waals surface area contributed by atoms with Crippen LogP contribution >= 0.6 is 0 Å². The topological polar surface area (TPSA) is 93.0 Å². The fourth-order valence-electron chi connectivity index (χ4n) is 4.67. The molecule has 1 N–H and O–H groups in total. The molecule has 0 amide bonds. The highest BCUT2D eigenvalue weighted by molar-refractivity contribution is 7.92. The lowest BCUT2D eigenvalue weighted by molar-refractivity contribution is 0.447. The molecule has 3 heterocycles. The monoisotopic (exact) mass is 373 g/mol. The number of H-pyrrole nitrogens is 1. The largest absolute Gasteiger partial charge is 0.345 e. The quantitative estimate of drug-likeness (QED) is 0.742. The molecule has 3 atom stereocenters. The predicted molar refractivity (Wildman–Crippen MR) is 98.7 cm³/mol. The number of nitrogens with zero attached hydrogens (tertiary/aromatic N) is 4. The van der Waals surface area contributed by atoms with Crippen molar-refractivity contribution in [1.82, 2.24) is 24.6 Å². The zero-order valence-corrected chi connectivity index (χ0v) is 15.6. The fourth-order valence-corrected chi connectivity index (χ4v) is 6.73. The Morgan fingerprint density at radius 1 is 1.27 bits per heavy atom. The summed E-state index contributed by atoms with van der Waals surface area (Å²) in [6, 6.07) is 1.99. The summed E-state index contributed by atoms with van der Waals surface area (Å²) in [4.78, 5) is 7.52. The van der Waals surface area contributed by atoms with Crippen molar-refractivity contribution in [2.24, 2.45) is 11.8 Å². The molecule has 5 rings (SSSR count). The number of rotatable bonds is 5. The van der Waals surface area contributed by atoms with Gasteiger partial charge in [0, 0.05) is 12.1 Å². The molecule has 3 aromatic rings. The highest BCUT2D eigenvalue weighted by atomic mass is 32.2. The van der Waals surface area contributed by atoms with Crippen LogP contribution in [0, 0.1) is 11.8 Å². The molecule has 0 saturated heterocycles. The summed E-state index contributed by atoms with van der Waals surface area (Å²) in [5.74, 6) is 2.21. The zero-order chi connectivity index (χ0) is 17.9. The molecule has 2 aliphatic rings. The normalized spacial score (nSPS) is 26.9. The van der Waals surface area contributed by atoms with Crippen LogP contribution in [-0.2, 0) is 9.84 Å². The van der Waals surface area contributed by atoms with Crippen molar-refractivity contribution >= 4 is 26.6 Å². The van der Waals surface area contributed by atoms with E-state index in [2.05, 4.69) is 31.5 Å². The van der Waals surface area contributed by atoms with Crippen LogP contribution in [0.2, 0.25) is 0 Å². The van der Waals surface area contributed by atoms with E-state index in [0.29, 0.717) is 11.7 Å². The summed E-state index contributed by atoms with van der Waals surface area (Å²) in [6.45, 7) is 2.19. The van der Waals surface area contributed by atoms with Crippen LogP contribution in [0.3, 0.4) is 0 Å². The molecule has 3 aromatic heterocycles. The summed E-state index contributed by atoms with van der Waals surface area (Å²) in [5, 5.41) is 8.74. The van der Waals surface area contributed by atoms with Crippen LogP contribution in [0.4, 0.5) is 0 Å². The van der Waals surface area contributed by atoms with Crippen molar-refractivity contribution in [3.8, 4) is 0 Å². The smallest absolute Gasteiger partial charge is 0.179 e. The molecule has 138 valence electrons. The first-order valence-corrected chi connectivity index (χ1v) is 11.2. The molecule has 0 bridgehead atoms. The van der Waals surface area contributed by atoms with Crippen molar-refractivity contribution in [2.75, 3.05) is 5.75 Å². The number of aromatic amines is 1. The van der Waals surface area contributed by atoms with Crippen molar-refractivity contribution < 1.29 is 8.42 Å². The fraction of sp³-hybridized carbons (Fsp3) is 0.611. The van der Waals surface area contributed by atoms with E-state index in [0.717, 1.165) is 54.7 Å². The predicted octanol–water partition coefficient (Wildman–Crippen LogP) is 2.70. The minimum absolute atomic E-state index is 0.0684. The Kier molecular flexibility index (Phi) is 3.60. The van der Waals surface area contributed by atoms with Gasteiger partial charge in [0.25, 0.3) is 0 Å². The third-order valence-electron chi connectivity index (χ3n) is 6.12. The average Bonchev–Trinajstić information content (AvgIpc) is 3.06. The van der Waals surface area contributed by atoms with E-state index in [-0.39, 0.29) is 17.1 Å². The van der Waals surface area contributed by atoms with Gasteiger partial charge in [-0.1, -0.05) is 13.3 Å². The Bertz CT molecular complexity index is 1070. The summed E-state index contributed by atoms with van der Waals surface area (Å²) < 4.78 is 27.0. The number of aromatic nitrogens is 5. The molecule has 2 fully saturated rings. The maximum Gasteiger partial charge on any atom is 0.179 e. The molecule has 0 spiro atoms. The van der Waals surface area contributed by atoms with E-state index < -0.39 is 9.84 Å². The second-order valence-electron chi connectivity index (χ2n) is 7.86. The van der Waals surface area contributed by atoms with Crippen LogP contribution in [-0.4, -0.2) is 44.0 Å². The van der Waals surface area contributed by atoms with Crippen LogP contribution < -0.4 is 0 Å². The summed E-state index contributed by atoms with van der Waals surface area (Å²) in [5.41, 5.74) is 2.54. The minimum atomic E-state index is -2.92. The van der Waals surface area contributed by atoms with E-state index in [1.165, 1.54) is 0 Å². The van der Waals surface area contributed by atoms with Gasteiger partial charge in [0.2, 0.25) is 0 Å². The van der Waals surface area contributed by atoms with Gasteiger partial charge in [-0.2, -0.15) is 0 Å². The van der Waals surface area contributed by atoms with Gasteiger partial charge in [0.05, 0.1) is 22.7 Å². The van der Waals surface area contributed by atoms with Crippen molar-refractivity contribution in [2.45, 2.75) is 50.2 Å². The maximum absolute atomic E-state index is 12.4. The van der Waals surface area contributed by atoms with Gasteiger partial charge in [-0.25, -0.2) is 13.4 Å². The van der Waals surface area contributed by atoms with Crippen molar-refractivity contribution in [1.29, 1.82) is 0 Å². The van der Waals surface area contributed by atoms with Gasteiger partial charge in [0.1, 0.15) is 5.82 Å². The van der Waals surface area contributed by atoms with Gasteiger partial charge in [-0.05, 0) is 43.6 Å². The summed E-state index contributed by atoms with van der Waals surface area (Å²) >= 11 is 0. The van der Waals surface area contributed by atoms with Gasteiger partial charge in [0.15, 0.2) is 21.1 Å². The van der Waals surface area contributed by atoms with Crippen LogP contribution in [0.1, 0.15) is 50.8 Å². The van der Waals surface area contributed by atoms with Gasteiger partial charge in [-0.15, -0.1) is 10.2 Å². The number of sulfone groups is 1. The second kappa shape index (κ2) is 5.77. The van der Waals surface area contributed by atoms with Crippen molar-refractivity contribution in [3.05, 3.63) is 24.3 Å². The summed E-state index contributed by atoms with van der Waals surface area (Å²) in [7, 11) is -2.92. The maximum atomic E-state index is 12.4. The number of hydrogen-bond acceptors (Lipinski definition) is 5. The summed E-state index contributed by atoms with van der Waals surface area (Å²) in [6.07, 6.45) is 8.17. The Morgan fingerprint density at radius 3 is 2.88 bits per heavy atom. The Labute approximate surface area is 152 Å². The SMILES string of the molecule is CC[C@@H]1C[C@H](CS(=O)(=O)C2CC2)C[C@@H]1c1nnc2cnc3[nH]ccc3n12. The molecule has 7 nitrogen and oxygen atoms in total. The third-order valence-corrected chi connectivity index (χ3v) is 8.54. The standard InChI is InChI=1S/C18H23N5O2S/c1-2-12-7-11(10-26(24,25)13-3-4-13)8-14(12)18-22-21-16-9-20-17-15(23(16)18)5-6-19-17/h5-6,9,11-14,19H,2-4,7-8,10H2,1H3/t11-,12+,14-/m0/s1. The minimum Gasteiger partial charge on any atom is -0.345 e.